The largest absolute Gasteiger partial charge is 0.383 e. The SMILES string of the molecule is CC(=O)NC1CNc2ccccc2C1. The second-order valence-corrected chi connectivity index (χ2v) is 3.64. The molecular formula is C11H14N2O. The van der Waals surface area contributed by atoms with Crippen LogP contribution in [0.15, 0.2) is 24.3 Å². The average Bonchev–Trinajstić information content (AvgIpc) is 2.17. The summed E-state index contributed by atoms with van der Waals surface area (Å²) in [5.41, 5.74) is 2.46. The Morgan fingerprint density at radius 2 is 2.29 bits per heavy atom. The molecule has 0 saturated heterocycles. The van der Waals surface area contributed by atoms with Crippen LogP contribution >= 0.6 is 0 Å². The molecule has 0 aliphatic carbocycles. The third-order valence-corrected chi connectivity index (χ3v) is 2.43. The number of para-hydroxylation sites is 1. The summed E-state index contributed by atoms with van der Waals surface area (Å²) in [6.07, 6.45) is 0.919. The minimum Gasteiger partial charge on any atom is -0.383 e. The highest BCUT2D eigenvalue weighted by atomic mass is 16.1. The molecule has 3 nitrogen and oxygen atoms in total. The molecule has 1 heterocycles. The van der Waals surface area contributed by atoms with E-state index in [9.17, 15) is 4.79 Å². The second-order valence-electron chi connectivity index (χ2n) is 3.64. The van der Waals surface area contributed by atoms with E-state index in [1.807, 2.05) is 12.1 Å². The van der Waals surface area contributed by atoms with Gasteiger partial charge >= 0.3 is 0 Å². The number of carbonyl (C=O) groups excluding carboxylic acids is 1. The standard InChI is InChI=1S/C11H14N2O/c1-8(14)13-10-6-9-4-2-3-5-11(9)12-7-10/h2-5,10,12H,6-7H2,1H3,(H,13,14). The Morgan fingerprint density at radius 1 is 1.50 bits per heavy atom. The van der Waals surface area contributed by atoms with E-state index in [1.54, 1.807) is 6.92 Å². The van der Waals surface area contributed by atoms with Gasteiger partial charge in [0.15, 0.2) is 0 Å². The number of anilines is 1. The van der Waals surface area contributed by atoms with Crippen LogP contribution in [0.3, 0.4) is 0 Å². The minimum atomic E-state index is 0.0381. The van der Waals surface area contributed by atoms with Crippen molar-refractivity contribution in [3.8, 4) is 0 Å². The highest BCUT2D eigenvalue weighted by Gasteiger charge is 2.17. The Hall–Kier alpha value is -1.51. The molecule has 0 spiro atoms. The van der Waals surface area contributed by atoms with Crippen molar-refractivity contribution in [3.05, 3.63) is 29.8 Å². The topological polar surface area (TPSA) is 41.1 Å². The third kappa shape index (κ3) is 1.87. The van der Waals surface area contributed by atoms with E-state index in [0.717, 1.165) is 13.0 Å². The lowest BCUT2D eigenvalue weighted by Gasteiger charge is -2.26. The van der Waals surface area contributed by atoms with Gasteiger partial charge in [-0.3, -0.25) is 4.79 Å². The molecule has 0 radical (unpaired) electrons. The molecule has 0 saturated carbocycles. The summed E-state index contributed by atoms with van der Waals surface area (Å²) in [5.74, 6) is 0.0381. The molecule has 14 heavy (non-hydrogen) atoms. The van der Waals surface area contributed by atoms with Crippen LogP contribution in [0.25, 0.3) is 0 Å². The zero-order valence-electron chi connectivity index (χ0n) is 8.21. The van der Waals surface area contributed by atoms with E-state index in [-0.39, 0.29) is 11.9 Å². The molecule has 0 bridgehead atoms. The van der Waals surface area contributed by atoms with Crippen LogP contribution in [0.5, 0.6) is 0 Å². The zero-order valence-corrected chi connectivity index (χ0v) is 8.21. The Labute approximate surface area is 83.5 Å². The monoisotopic (exact) mass is 190 g/mol. The summed E-state index contributed by atoms with van der Waals surface area (Å²) in [4.78, 5) is 10.9. The van der Waals surface area contributed by atoms with Crippen LogP contribution in [0, 0.1) is 0 Å². The molecule has 0 fully saturated rings. The maximum absolute atomic E-state index is 10.9. The number of rotatable bonds is 1. The van der Waals surface area contributed by atoms with Gasteiger partial charge in [-0.25, -0.2) is 0 Å². The number of hydrogen-bond acceptors (Lipinski definition) is 2. The molecule has 1 atom stereocenters. The van der Waals surface area contributed by atoms with Crippen LogP contribution in [-0.2, 0) is 11.2 Å². The number of fused-ring (bicyclic) bond motifs is 1. The van der Waals surface area contributed by atoms with Gasteiger partial charge < -0.3 is 10.6 Å². The normalized spacial score (nSPS) is 19.4. The van der Waals surface area contributed by atoms with Crippen molar-refractivity contribution in [3.63, 3.8) is 0 Å². The molecular weight excluding hydrogens is 176 g/mol. The molecule has 74 valence electrons. The van der Waals surface area contributed by atoms with Crippen LogP contribution in [0.4, 0.5) is 5.69 Å². The number of hydrogen-bond donors (Lipinski definition) is 2. The van der Waals surface area contributed by atoms with Crippen molar-refractivity contribution in [1.82, 2.24) is 5.32 Å². The summed E-state index contributed by atoms with van der Waals surface area (Å²) in [6, 6.07) is 8.43. The molecule has 1 unspecified atom stereocenters. The Balaban J connectivity index is 2.09. The van der Waals surface area contributed by atoms with Gasteiger partial charge in [-0.1, -0.05) is 18.2 Å². The molecule has 1 aliphatic rings. The van der Waals surface area contributed by atoms with Crippen LogP contribution in [0.2, 0.25) is 0 Å². The van der Waals surface area contributed by atoms with Crippen molar-refractivity contribution < 1.29 is 4.79 Å². The van der Waals surface area contributed by atoms with Crippen molar-refractivity contribution in [1.29, 1.82) is 0 Å². The molecule has 1 aromatic carbocycles. The first kappa shape index (κ1) is 9.06. The van der Waals surface area contributed by atoms with Gasteiger partial charge in [-0.05, 0) is 18.1 Å². The van der Waals surface area contributed by atoms with Crippen molar-refractivity contribution >= 4 is 11.6 Å². The maximum Gasteiger partial charge on any atom is 0.217 e. The number of amides is 1. The van der Waals surface area contributed by atoms with Gasteiger partial charge in [0, 0.05) is 19.2 Å². The van der Waals surface area contributed by atoms with Crippen molar-refractivity contribution in [2.24, 2.45) is 0 Å². The molecule has 0 aromatic heterocycles. The average molecular weight is 190 g/mol. The van der Waals surface area contributed by atoms with Gasteiger partial charge in [0.1, 0.15) is 0 Å². The van der Waals surface area contributed by atoms with Gasteiger partial charge in [0.25, 0.3) is 0 Å². The maximum atomic E-state index is 10.9. The molecule has 1 amide bonds. The lowest BCUT2D eigenvalue weighted by Crippen LogP contribution is -2.42. The Kier molecular flexibility index (Phi) is 2.39. The fraction of sp³-hybridized carbons (Fsp3) is 0.364. The van der Waals surface area contributed by atoms with Crippen LogP contribution in [-0.4, -0.2) is 18.5 Å². The number of benzene rings is 1. The summed E-state index contributed by atoms with van der Waals surface area (Å²) >= 11 is 0. The minimum absolute atomic E-state index is 0.0381. The Morgan fingerprint density at radius 3 is 3.07 bits per heavy atom. The predicted molar refractivity (Wildman–Crippen MR) is 56.2 cm³/mol. The molecule has 1 aliphatic heterocycles. The van der Waals surface area contributed by atoms with Gasteiger partial charge in [0.05, 0.1) is 6.04 Å². The van der Waals surface area contributed by atoms with E-state index >= 15 is 0 Å². The highest BCUT2D eigenvalue weighted by Crippen LogP contribution is 2.20. The second kappa shape index (κ2) is 3.70. The fourth-order valence-electron chi connectivity index (χ4n) is 1.83. The highest BCUT2D eigenvalue weighted by molar-refractivity contribution is 5.73. The van der Waals surface area contributed by atoms with Crippen LogP contribution in [0.1, 0.15) is 12.5 Å². The molecule has 2 N–H and O–H groups in total. The fourth-order valence-corrected chi connectivity index (χ4v) is 1.83. The summed E-state index contributed by atoms with van der Waals surface area (Å²) in [6.45, 7) is 2.37. The van der Waals surface area contributed by atoms with E-state index in [4.69, 9.17) is 0 Å². The van der Waals surface area contributed by atoms with Crippen LogP contribution < -0.4 is 10.6 Å². The number of carbonyl (C=O) groups is 1. The lowest BCUT2D eigenvalue weighted by atomic mass is 10.00. The first-order valence-corrected chi connectivity index (χ1v) is 4.84. The quantitative estimate of drug-likeness (QED) is 0.697. The predicted octanol–water partition coefficient (Wildman–Crippen LogP) is 1.16. The first-order valence-electron chi connectivity index (χ1n) is 4.84. The van der Waals surface area contributed by atoms with E-state index in [2.05, 4.69) is 22.8 Å². The van der Waals surface area contributed by atoms with Gasteiger partial charge in [0.2, 0.25) is 5.91 Å². The lowest BCUT2D eigenvalue weighted by molar-refractivity contribution is -0.119. The summed E-state index contributed by atoms with van der Waals surface area (Å²) in [5, 5.41) is 6.22. The van der Waals surface area contributed by atoms with Gasteiger partial charge in [-0.15, -0.1) is 0 Å². The molecule has 1 aromatic rings. The van der Waals surface area contributed by atoms with Gasteiger partial charge in [-0.2, -0.15) is 0 Å². The summed E-state index contributed by atoms with van der Waals surface area (Å²) in [7, 11) is 0. The van der Waals surface area contributed by atoms with E-state index in [0.29, 0.717) is 0 Å². The smallest absolute Gasteiger partial charge is 0.217 e. The third-order valence-electron chi connectivity index (χ3n) is 2.43. The molecule has 2 rings (SSSR count). The zero-order chi connectivity index (χ0) is 9.97. The number of nitrogens with one attached hydrogen (secondary N) is 2. The van der Waals surface area contributed by atoms with E-state index < -0.39 is 0 Å². The first-order chi connectivity index (χ1) is 6.75. The van der Waals surface area contributed by atoms with Crippen molar-refractivity contribution in [2.45, 2.75) is 19.4 Å². The van der Waals surface area contributed by atoms with E-state index in [1.165, 1.54) is 11.3 Å². The Bertz CT molecular complexity index is 349. The summed E-state index contributed by atoms with van der Waals surface area (Å²) < 4.78 is 0. The van der Waals surface area contributed by atoms with Crippen molar-refractivity contribution in [2.75, 3.05) is 11.9 Å². The molecule has 3 heteroatoms.